The van der Waals surface area contributed by atoms with E-state index in [9.17, 15) is 9.50 Å². The van der Waals surface area contributed by atoms with E-state index in [2.05, 4.69) is 0 Å². The van der Waals surface area contributed by atoms with E-state index in [0.717, 1.165) is 0 Å². The molecule has 2 rings (SSSR count). The number of para-hydroxylation sites is 1. The summed E-state index contributed by atoms with van der Waals surface area (Å²) in [6.07, 6.45) is -0.316. The quantitative estimate of drug-likeness (QED) is 0.906. The molecule has 1 aromatic heterocycles. The Morgan fingerprint density at radius 1 is 1.50 bits per heavy atom. The van der Waals surface area contributed by atoms with E-state index in [1.165, 1.54) is 13.2 Å². The van der Waals surface area contributed by atoms with Gasteiger partial charge < -0.3 is 14.3 Å². The second-order valence-corrected chi connectivity index (χ2v) is 4.58. The molecule has 1 aromatic carbocycles. The minimum Gasteiger partial charge on any atom is -0.455 e. The summed E-state index contributed by atoms with van der Waals surface area (Å²) in [6, 6.07) is 6.33. The fraction of sp³-hybridized carbons (Fsp3) is 0.429. The lowest BCUT2D eigenvalue weighted by atomic mass is 9.94. The topological polar surface area (TPSA) is 42.6 Å². The average Bonchev–Trinajstić information content (AvgIpc) is 2.82. The van der Waals surface area contributed by atoms with Crippen molar-refractivity contribution in [2.45, 2.75) is 32.0 Å². The van der Waals surface area contributed by atoms with Gasteiger partial charge in [-0.3, -0.25) is 0 Å². The highest BCUT2D eigenvalue weighted by Gasteiger charge is 2.34. The number of rotatable bonds is 4. The second-order valence-electron chi connectivity index (χ2n) is 4.58. The van der Waals surface area contributed by atoms with Crippen LogP contribution in [-0.2, 0) is 4.74 Å². The third-order valence-corrected chi connectivity index (χ3v) is 3.53. The standard InChI is InChI=1S/C14H17FO3/c1-4-14(2,17-3)13(16)11-8-9-6-5-7-10(15)12(9)18-11/h5-8,13,16H,4H2,1-3H3. The molecule has 0 saturated heterocycles. The maximum Gasteiger partial charge on any atom is 0.170 e. The summed E-state index contributed by atoms with van der Waals surface area (Å²) >= 11 is 0. The number of aliphatic hydroxyl groups excluding tert-OH is 1. The van der Waals surface area contributed by atoms with Crippen molar-refractivity contribution in [3.8, 4) is 0 Å². The molecule has 2 atom stereocenters. The summed E-state index contributed by atoms with van der Waals surface area (Å²) in [5.74, 6) is -0.108. The van der Waals surface area contributed by atoms with Crippen LogP contribution in [0, 0.1) is 5.82 Å². The largest absolute Gasteiger partial charge is 0.455 e. The van der Waals surface area contributed by atoms with Crippen molar-refractivity contribution in [3.63, 3.8) is 0 Å². The molecule has 0 aliphatic heterocycles. The molecule has 0 bridgehead atoms. The van der Waals surface area contributed by atoms with Gasteiger partial charge in [-0.15, -0.1) is 0 Å². The Morgan fingerprint density at radius 3 is 2.78 bits per heavy atom. The van der Waals surface area contributed by atoms with Gasteiger partial charge in [0.1, 0.15) is 11.9 Å². The van der Waals surface area contributed by atoms with Gasteiger partial charge in [0.15, 0.2) is 11.4 Å². The molecule has 0 spiro atoms. The number of ether oxygens (including phenoxy) is 1. The van der Waals surface area contributed by atoms with Gasteiger partial charge in [0, 0.05) is 12.5 Å². The normalized spacial score (nSPS) is 16.7. The molecule has 18 heavy (non-hydrogen) atoms. The highest BCUT2D eigenvalue weighted by atomic mass is 19.1. The van der Waals surface area contributed by atoms with Crippen molar-refractivity contribution in [1.82, 2.24) is 0 Å². The van der Waals surface area contributed by atoms with E-state index in [1.54, 1.807) is 25.1 Å². The number of fused-ring (bicyclic) bond motifs is 1. The summed E-state index contributed by atoms with van der Waals surface area (Å²) in [5.41, 5.74) is -0.578. The lowest BCUT2D eigenvalue weighted by Crippen LogP contribution is -2.34. The number of hydrogen-bond acceptors (Lipinski definition) is 3. The Kier molecular flexibility index (Phi) is 3.41. The minimum absolute atomic E-state index is 0.168. The van der Waals surface area contributed by atoms with Crippen LogP contribution in [0.15, 0.2) is 28.7 Å². The van der Waals surface area contributed by atoms with E-state index in [1.807, 2.05) is 6.92 Å². The highest BCUT2D eigenvalue weighted by molar-refractivity contribution is 5.78. The van der Waals surface area contributed by atoms with Crippen LogP contribution in [-0.4, -0.2) is 17.8 Å². The van der Waals surface area contributed by atoms with E-state index in [4.69, 9.17) is 9.15 Å². The van der Waals surface area contributed by atoms with E-state index in [-0.39, 0.29) is 5.58 Å². The minimum atomic E-state index is -0.931. The monoisotopic (exact) mass is 252 g/mol. The van der Waals surface area contributed by atoms with Crippen LogP contribution in [0.4, 0.5) is 4.39 Å². The number of aliphatic hydroxyl groups is 1. The van der Waals surface area contributed by atoms with Crippen molar-refractivity contribution in [2.24, 2.45) is 0 Å². The van der Waals surface area contributed by atoms with Gasteiger partial charge in [0.2, 0.25) is 0 Å². The van der Waals surface area contributed by atoms with Crippen LogP contribution in [0.25, 0.3) is 11.0 Å². The van der Waals surface area contributed by atoms with Gasteiger partial charge in [0.05, 0.1) is 5.60 Å². The predicted octanol–water partition coefficient (Wildman–Crippen LogP) is 3.42. The zero-order chi connectivity index (χ0) is 13.3. The first-order valence-electron chi connectivity index (χ1n) is 5.93. The Morgan fingerprint density at radius 2 is 2.22 bits per heavy atom. The van der Waals surface area contributed by atoms with Gasteiger partial charge in [-0.1, -0.05) is 19.1 Å². The fourth-order valence-corrected chi connectivity index (χ4v) is 1.93. The summed E-state index contributed by atoms with van der Waals surface area (Å²) in [7, 11) is 1.54. The fourth-order valence-electron chi connectivity index (χ4n) is 1.93. The molecule has 0 aliphatic rings. The second kappa shape index (κ2) is 4.71. The van der Waals surface area contributed by atoms with E-state index in [0.29, 0.717) is 17.6 Å². The summed E-state index contributed by atoms with van der Waals surface area (Å²) in [4.78, 5) is 0. The van der Waals surface area contributed by atoms with Crippen molar-refractivity contribution in [1.29, 1.82) is 0 Å². The van der Waals surface area contributed by atoms with Crippen LogP contribution >= 0.6 is 0 Å². The van der Waals surface area contributed by atoms with Crippen LogP contribution < -0.4 is 0 Å². The molecule has 0 radical (unpaired) electrons. The third kappa shape index (κ3) is 2.02. The maximum atomic E-state index is 13.5. The summed E-state index contributed by atoms with van der Waals surface area (Å²) in [5, 5.41) is 10.9. The van der Waals surface area contributed by atoms with Gasteiger partial charge in [-0.05, 0) is 25.5 Å². The molecule has 4 heteroatoms. The van der Waals surface area contributed by atoms with Crippen LogP contribution in [0.1, 0.15) is 32.1 Å². The SMILES string of the molecule is CCC(C)(OC)C(O)c1cc2cccc(F)c2o1. The third-order valence-electron chi connectivity index (χ3n) is 3.53. The first-order valence-corrected chi connectivity index (χ1v) is 5.93. The van der Waals surface area contributed by atoms with Crippen LogP contribution in [0.2, 0.25) is 0 Å². The van der Waals surface area contributed by atoms with E-state index < -0.39 is 17.5 Å². The Balaban J connectivity index is 2.45. The Labute approximate surface area is 105 Å². The molecule has 2 aromatic rings. The van der Waals surface area contributed by atoms with Gasteiger partial charge in [0.25, 0.3) is 0 Å². The molecule has 1 N–H and O–H groups in total. The van der Waals surface area contributed by atoms with Gasteiger partial charge >= 0.3 is 0 Å². The first-order chi connectivity index (χ1) is 8.51. The number of halogens is 1. The number of hydrogen-bond donors (Lipinski definition) is 1. The van der Waals surface area contributed by atoms with Crippen molar-refractivity contribution in [2.75, 3.05) is 7.11 Å². The lowest BCUT2D eigenvalue weighted by molar-refractivity contribution is -0.101. The Bertz CT molecular complexity index is 543. The molecule has 2 unspecified atom stereocenters. The van der Waals surface area contributed by atoms with E-state index >= 15 is 0 Å². The van der Waals surface area contributed by atoms with Crippen molar-refractivity contribution < 1.29 is 18.7 Å². The number of furan rings is 1. The molecule has 1 heterocycles. The predicted molar refractivity (Wildman–Crippen MR) is 66.8 cm³/mol. The zero-order valence-electron chi connectivity index (χ0n) is 10.7. The molecule has 98 valence electrons. The molecule has 3 nitrogen and oxygen atoms in total. The summed E-state index contributed by atoms with van der Waals surface area (Å²) < 4.78 is 24.2. The number of methoxy groups -OCH3 is 1. The Hall–Kier alpha value is -1.39. The number of benzene rings is 1. The molecule has 0 fully saturated rings. The molecular formula is C14H17FO3. The van der Waals surface area contributed by atoms with Crippen molar-refractivity contribution >= 4 is 11.0 Å². The molecular weight excluding hydrogens is 235 g/mol. The van der Waals surface area contributed by atoms with Crippen LogP contribution in [0.5, 0.6) is 0 Å². The molecule has 0 amide bonds. The summed E-state index contributed by atoms with van der Waals surface area (Å²) in [6.45, 7) is 3.71. The van der Waals surface area contributed by atoms with Crippen molar-refractivity contribution in [3.05, 3.63) is 35.8 Å². The maximum absolute atomic E-state index is 13.5. The highest BCUT2D eigenvalue weighted by Crippen LogP contribution is 2.35. The van der Waals surface area contributed by atoms with Gasteiger partial charge in [-0.25, -0.2) is 4.39 Å². The smallest absolute Gasteiger partial charge is 0.170 e. The first kappa shape index (κ1) is 13.1. The van der Waals surface area contributed by atoms with Crippen LogP contribution in [0.3, 0.4) is 0 Å². The average molecular weight is 252 g/mol. The molecule has 0 saturated carbocycles. The van der Waals surface area contributed by atoms with Gasteiger partial charge in [-0.2, -0.15) is 0 Å². The lowest BCUT2D eigenvalue weighted by Gasteiger charge is -2.30. The molecule has 0 aliphatic carbocycles. The zero-order valence-corrected chi connectivity index (χ0v) is 10.7.